The Morgan fingerprint density at radius 3 is 2.00 bits per heavy atom. The summed E-state index contributed by atoms with van der Waals surface area (Å²) in [7, 11) is 0. The molecule has 0 saturated heterocycles. The molecule has 2 rings (SSSR count). The van der Waals surface area contributed by atoms with Crippen molar-refractivity contribution in [3.05, 3.63) is 0 Å². The Balaban J connectivity index is 2.19. The van der Waals surface area contributed by atoms with Gasteiger partial charge in [-0.25, -0.2) is 0 Å². The predicted octanol–water partition coefficient (Wildman–Crippen LogP) is 7.08. The van der Waals surface area contributed by atoms with Crippen molar-refractivity contribution in [1.29, 1.82) is 0 Å². The van der Waals surface area contributed by atoms with E-state index >= 15 is 0 Å². The third-order valence-corrected chi connectivity index (χ3v) is 9.53. The summed E-state index contributed by atoms with van der Waals surface area (Å²) < 4.78 is 0. The highest BCUT2D eigenvalue weighted by Gasteiger charge is 2.55. The quantitative estimate of drug-likeness (QED) is 0.471. The molecule has 0 spiro atoms. The van der Waals surface area contributed by atoms with Crippen LogP contribution in [0.5, 0.6) is 0 Å². The van der Waals surface area contributed by atoms with Crippen molar-refractivity contribution in [2.45, 2.75) is 113 Å². The van der Waals surface area contributed by atoms with Crippen LogP contribution in [0.15, 0.2) is 0 Å². The highest BCUT2D eigenvalue weighted by atomic mass is 16.3. The van der Waals surface area contributed by atoms with Gasteiger partial charge >= 0.3 is 0 Å². The van der Waals surface area contributed by atoms with E-state index in [9.17, 15) is 5.11 Å². The number of aliphatic hydroxyl groups is 1. The first-order valence-corrected chi connectivity index (χ1v) is 11.2. The van der Waals surface area contributed by atoms with Crippen molar-refractivity contribution in [2.24, 2.45) is 39.9 Å². The van der Waals surface area contributed by atoms with Gasteiger partial charge in [0.15, 0.2) is 0 Å². The lowest BCUT2D eigenvalue weighted by Gasteiger charge is -2.60. The summed E-state index contributed by atoms with van der Waals surface area (Å²) in [5, 5.41) is 10.0. The minimum absolute atomic E-state index is 0.0584. The predicted molar refractivity (Wildman–Crippen MR) is 110 cm³/mol. The molecule has 0 aromatic rings. The van der Waals surface area contributed by atoms with Gasteiger partial charge in [0.05, 0.1) is 6.10 Å². The molecule has 1 N–H and O–H groups in total. The van der Waals surface area contributed by atoms with Gasteiger partial charge in [-0.1, -0.05) is 68.2 Å². The van der Waals surface area contributed by atoms with Crippen LogP contribution in [-0.4, -0.2) is 11.2 Å². The zero-order valence-corrected chi connectivity index (χ0v) is 18.5. The monoisotopic (exact) mass is 350 g/mol. The molecule has 0 aromatic heterocycles. The van der Waals surface area contributed by atoms with Crippen LogP contribution in [0.2, 0.25) is 0 Å². The van der Waals surface area contributed by atoms with E-state index in [4.69, 9.17) is 0 Å². The van der Waals surface area contributed by atoms with Crippen LogP contribution >= 0.6 is 0 Å². The summed E-state index contributed by atoms with van der Waals surface area (Å²) in [6.07, 6.45) is 10.3. The van der Waals surface area contributed by atoms with Gasteiger partial charge in [0.25, 0.3) is 0 Å². The molecule has 0 heterocycles. The van der Waals surface area contributed by atoms with Crippen molar-refractivity contribution in [2.75, 3.05) is 0 Å². The Labute approximate surface area is 158 Å². The van der Waals surface area contributed by atoms with Crippen molar-refractivity contribution in [1.82, 2.24) is 0 Å². The molecule has 2 aliphatic rings. The lowest BCUT2D eigenvalue weighted by molar-refractivity contribution is -0.127. The van der Waals surface area contributed by atoms with Crippen LogP contribution < -0.4 is 0 Å². The largest absolute Gasteiger partial charge is 0.393 e. The van der Waals surface area contributed by atoms with Gasteiger partial charge in [0.2, 0.25) is 0 Å². The number of aliphatic hydroxyl groups excluding tert-OH is 1. The van der Waals surface area contributed by atoms with Crippen molar-refractivity contribution in [3.63, 3.8) is 0 Å². The van der Waals surface area contributed by atoms with Crippen LogP contribution in [0.3, 0.4) is 0 Å². The molecule has 0 aromatic carbocycles. The molecule has 2 aliphatic carbocycles. The maximum absolute atomic E-state index is 10.0. The molecule has 0 amide bonds. The number of rotatable bonds is 9. The lowest BCUT2D eigenvalue weighted by Crippen LogP contribution is -2.53. The average molecular weight is 351 g/mol. The van der Waals surface area contributed by atoms with E-state index < -0.39 is 0 Å². The molecule has 1 nitrogen and oxygen atoms in total. The second-order valence-electron chi connectivity index (χ2n) is 10.9. The fourth-order valence-corrected chi connectivity index (χ4v) is 6.61. The van der Waals surface area contributed by atoms with Crippen LogP contribution in [-0.2, 0) is 0 Å². The first kappa shape index (κ1) is 21.3. The molecular weight excluding hydrogens is 304 g/mol. The van der Waals surface area contributed by atoms with Gasteiger partial charge in [-0.15, -0.1) is 0 Å². The molecule has 148 valence electrons. The Hall–Kier alpha value is -0.0400. The van der Waals surface area contributed by atoms with E-state index in [1.807, 2.05) is 0 Å². The zero-order chi connectivity index (χ0) is 19.0. The van der Waals surface area contributed by atoms with E-state index in [0.29, 0.717) is 22.2 Å². The fourth-order valence-electron chi connectivity index (χ4n) is 6.61. The highest BCUT2D eigenvalue weighted by Crippen LogP contribution is 2.63. The molecule has 2 saturated carbocycles. The lowest BCUT2D eigenvalue weighted by atomic mass is 9.44. The summed E-state index contributed by atoms with van der Waals surface area (Å²) in [6.45, 7) is 19.6. The van der Waals surface area contributed by atoms with Crippen molar-refractivity contribution < 1.29 is 5.11 Å². The second-order valence-corrected chi connectivity index (χ2v) is 10.9. The molecule has 2 fully saturated rings. The number of hydrogen-bond donors (Lipinski definition) is 1. The molecule has 8 atom stereocenters. The first-order valence-electron chi connectivity index (χ1n) is 11.2. The van der Waals surface area contributed by atoms with Gasteiger partial charge in [0.1, 0.15) is 0 Å². The summed E-state index contributed by atoms with van der Waals surface area (Å²) in [4.78, 5) is 0. The first-order chi connectivity index (χ1) is 11.5. The van der Waals surface area contributed by atoms with Crippen molar-refractivity contribution in [3.8, 4) is 0 Å². The molecule has 0 radical (unpaired) electrons. The second kappa shape index (κ2) is 7.53. The molecule has 8 unspecified atom stereocenters. The van der Waals surface area contributed by atoms with E-state index in [2.05, 4.69) is 55.4 Å². The van der Waals surface area contributed by atoms with E-state index in [1.165, 1.54) is 44.9 Å². The third kappa shape index (κ3) is 3.56. The molecule has 1 heteroatoms. The topological polar surface area (TPSA) is 20.2 Å². The van der Waals surface area contributed by atoms with Gasteiger partial charge in [-0.3, -0.25) is 0 Å². The van der Waals surface area contributed by atoms with Gasteiger partial charge in [-0.05, 0) is 78.4 Å². The summed E-state index contributed by atoms with van der Waals surface area (Å²) >= 11 is 0. The summed E-state index contributed by atoms with van der Waals surface area (Å²) in [5.41, 5.74) is 1.26. The Kier molecular flexibility index (Phi) is 6.40. The maximum Gasteiger partial charge on any atom is 0.0576 e. The molecule has 25 heavy (non-hydrogen) atoms. The van der Waals surface area contributed by atoms with Crippen molar-refractivity contribution >= 4 is 0 Å². The van der Waals surface area contributed by atoms with E-state index in [0.717, 1.165) is 24.2 Å². The Morgan fingerprint density at radius 1 is 1.00 bits per heavy atom. The minimum Gasteiger partial charge on any atom is -0.393 e. The van der Waals surface area contributed by atoms with Crippen LogP contribution in [0, 0.1) is 39.9 Å². The summed E-state index contributed by atoms with van der Waals surface area (Å²) in [5.74, 6) is 3.16. The van der Waals surface area contributed by atoms with Gasteiger partial charge < -0.3 is 5.11 Å². The summed E-state index contributed by atoms with van der Waals surface area (Å²) in [6, 6.07) is 0. The van der Waals surface area contributed by atoms with E-state index in [1.54, 1.807) is 0 Å². The van der Waals surface area contributed by atoms with Crippen LogP contribution in [0.1, 0.15) is 107 Å². The van der Waals surface area contributed by atoms with Gasteiger partial charge in [-0.2, -0.15) is 0 Å². The molecular formula is C24H46O. The van der Waals surface area contributed by atoms with Crippen LogP contribution in [0.4, 0.5) is 0 Å². The smallest absolute Gasteiger partial charge is 0.0576 e. The van der Waals surface area contributed by atoms with Crippen LogP contribution in [0.25, 0.3) is 0 Å². The minimum atomic E-state index is -0.0584. The Bertz CT molecular complexity index is 445. The Morgan fingerprint density at radius 2 is 1.60 bits per heavy atom. The van der Waals surface area contributed by atoms with E-state index in [-0.39, 0.29) is 6.10 Å². The zero-order valence-electron chi connectivity index (χ0n) is 18.5. The molecule has 0 aliphatic heterocycles. The number of hydrogen-bond acceptors (Lipinski definition) is 1. The maximum atomic E-state index is 10.0. The van der Waals surface area contributed by atoms with Gasteiger partial charge in [0, 0.05) is 0 Å². The fraction of sp³-hybridized carbons (Fsp3) is 1.00. The average Bonchev–Trinajstić information content (AvgIpc) is 2.57. The normalized spacial score (nSPS) is 42.8. The highest BCUT2D eigenvalue weighted by molar-refractivity contribution is 5.05. The third-order valence-electron chi connectivity index (χ3n) is 9.53. The standard InChI is InChI=1S/C24H46O/c1-9-11-23(7,14-13-22(6)16-21(25)19(22)5)24(8,12-10-2)20-15-17(3)18(20)4/h17-21,25H,9-16H2,1-8H3. The SMILES string of the molecule is CCCC(C)(CCC1(C)CC(O)C1C)C(C)(CCC)C1CC(C)C1C. The molecule has 0 bridgehead atoms.